The number of hydrogen-bond donors (Lipinski definition) is 0. The summed E-state index contributed by atoms with van der Waals surface area (Å²) in [6.07, 6.45) is 0. The van der Waals surface area contributed by atoms with Gasteiger partial charge in [-0.05, 0) is 113 Å². The maximum Gasteiger partial charge on any atom is 0.241 e. The number of aromatic nitrogens is 6. The maximum absolute atomic E-state index is 5.69. The summed E-state index contributed by atoms with van der Waals surface area (Å²) in [5.74, 6) is 3.10. The van der Waals surface area contributed by atoms with Crippen LogP contribution in [0, 0.1) is 27.7 Å². The predicted molar refractivity (Wildman–Crippen MR) is 215 cm³/mol. The van der Waals surface area contributed by atoms with Gasteiger partial charge < -0.3 is 9.47 Å². The number of fused-ring (bicyclic) bond motifs is 9. The van der Waals surface area contributed by atoms with Crippen molar-refractivity contribution in [3.05, 3.63) is 131 Å². The zero-order valence-electron chi connectivity index (χ0n) is 30.4. The summed E-state index contributed by atoms with van der Waals surface area (Å²) in [5.41, 5.74) is 10.8. The molecule has 8 nitrogen and oxygen atoms in total. The molecule has 0 spiro atoms. The molecule has 0 bridgehead atoms. The van der Waals surface area contributed by atoms with Crippen LogP contribution in [-0.2, 0) is 0 Å². The molecular formula is C45H36N6O2. The van der Waals surface area contributed by atoms with Gasteiger partial charge in [0.15, 0.2) is 0 Å². The van der Waals surface area contributed by atoms with E-state index in [1.807, 2.05) is 12.1 Å². The van der Waals surface area contributed by atoms with E-state index in [-0.39, 0.29) is 0 Å². The van der Waals surface area contributed by atoms with E-state index in [1.54, 1.807) is 14.2 Å². The summed E-state index contributed by atoms with van der Waals surface area (Å²) < 4.78 is 17.9. The van der Waals surface area contributed by atoms with Crippen molar-refractivity contribution in [2.75, 3.05) is 14.2 Å². The summed E-state index contributed by atoms with van der Waals surface area (Å²) in [5, 5.41) is 6.65. The van der Waals surface area contributed by atoms with Crippen molar-refractivity contribution < 1.29 is 9.47 Å². The first kappa shape index (κ1) is 31.1. The van der Waals surface area contributed by atoms with E-state index >= 15 is 0 Å². The van der Waals surface area contributed by atoms with E-state index in [0.717, 1.165) is 76.9 Å². The van der Waals surface area contributed by atoms with E-state index in [2.05, 4.69) is 138 Å². The first-order valence-corrected chi connectivity index (χ1v) is 17.8. The zero-order valence-corrected chi connectivity index (χ0v) is 30.4. The molecule has 0 saturated heterocycles. The Bertz CT molecular complexity index is 2820. The molecule has 0 aliphatic heterocycles. The lowest BCUT2D eigenvalue weighted by molar-refractivity contribution is 0.415. The highest BCUT2D eigenvalue weighted by Crippen LogP contribution is 2.38. The Morgan fingerprint density at radius 1 is 0.340 bits per heavy atom. The third kappa shape index (κ3) is 4.65. The minimum atomic E-state index is 0.504. The van der Waals surface area contributed by atoms with Crippen LogP contribution in [-0.4, -0.2) is 42.9 Å². The number of benzene rings is 6. The average Bonchev–Trinajstić information content (AvgIpc) is 3.78. The quantitative estimate of drug-likeness (QED) is 0.180. The summed E-state index contributed by atoms with van der Waals surface area (Å²) in [6.45, 7) is 8.54. The molecule has 4 aromatic heterocycles. The molecule has 0 fully saturated rings. The Morgan fingerprint density at radius 3 is 0.849 bits per heavy atom. The van der Waals surface area contributed by atoms with E-state index in [9.17, 15) is 0 Å². The molecule has 4 heterocycles. The minimum Gasteiger partial charge on any atom is -0.497 e. The maximum atomic E-state index is 5.69. The molecule has 0 aliphatic carbocycles. The SMILES string of the molecule is COc1ccc2c(c1)c1cc(OC)ccc1n2-c1nc(-n2c3ccc(C)cc3c3cc(C)ccc32)nc(-n2c3ccc(C)cc3c3cc(C)ccc32)n1. The third-order valence-electron chi connectivity index (χ3n) is 10.5. The molecule has 0 unspecified atom stereocenters. The van der Waals surface area contributed by atoms with Gasteiger partial charge in [0, 0.05) is 32.3 Å². The van der Waals surface area contributed by atoms with Crippen molar-refractivity contribution in [1.82, 2.24) is 28.7 Å². The molecule has 0 radical (unpaired) electrons. The minimum absolute atomic E-state index is 0.504. The molecule has 0 aliphatic rings. The standard InChI is InChI=1S/C45H36N6O2/c1-25-7-13-37-31(19-25)32-20-26(2)8-14-38(32)49(37)43-46-44(50-39-15-9-27(3)21-33(39)34-22-28(4)10-16-40(34)50)48-45(47-43)51-41-17-11-29(52-5)23-35(41)36-24-30(53-6)12-18-42(36)51/h7-24H,1-6H3. The van der Waals surface area contributed by atoms with Gasteiger partial charge >= 0.3 is 0 Å². The van der Waals surface area contributed by atoms with Crippen molar-refractivity contribution in [1.29, 1.82) is 0 Å². The molecule has 0 saturated carbocycles. The second-order valence-corrected chi connectivity index (χ2v) is 14.1. The zero-order chi connectivity index (χ0) is 36.1. The molecule has 0 amide bonds. The fourth-order valence-corrected chi connectivity index (χ4v) is 8.03. The topological polar surface area (TPSA) is 71.9 Å². The van der Waals surface area contributed by atoms with Crippen LogP contribution in [0.1, 0.15) is 22.3 Å². The molecule has 10 aromatic rings. The molecular weight excluding hydrogens is 657 g/mol. The van der Waals surface area contributed by atoms with Crippen LogP contribution < -0.4 is 9.47 Å². The number of nitrogens with zero attached hydrogens (tertiary/aromatic N) is 6. The largest absolute Gasteiger partial charge is 0.497 e. The second-order valence-electron chi connectivity index (χ2n) is 14.1. The van der Waals surface area contributed by atoms with Crippen molar-refractivity contribution in [3.8, 4) is 29.3 Å². The summed E-state index contributed by atoms with van der Waals surface area (Å²) in [4.78, 5) is 16.1. The fraction of sp³-hybridized carbons (Fsp3) is 0.133. The summed E-state index contributed by atoms with van der Waals surface area (Å²) in [6, 6.07) is 38.5. The first-order valence-electron chi connectivity index (χ1n) is 17.8. The Kier molecular flexibility index (Phi) is 6.70. The monoisotopic (exact) mass is 692 g/mol. The Balaban J connectivity index is 1.37. The number of rotatable bonds is 5. The van der Waals surface area contributed by atoms with Crippen LogP contribution in [0.5, 0.6) is 11.5 Å². The van der Waals surface area contributed by atoms with Gasteiger partial charge in [-0.3, -0.25) is 13.7 Å². The van der Waals surface area contributed by atoms with Gasteiger partial charge in [-0.2, -0.15) is 15.0 Å². The lowest BCUT2D eigenvalue weighted by Crippen LogP contribution is -2.13. The van der Waals surface area contributed by atoms with Gasteiger partial charge in [0.2, 0.25) is 17.8 Å². The molecule has 53 heavy (non-hydrogen) atoms. The smallest absolute Gasteiger partial charge is 0.241 e. The van der Waals surface area contributed by atoms with E-state index in [1.165, 1.54) is 22.3 Å². The fourth-order valence-electron chi connectivity index (χ4n) is 8.03. The van der Waals surface area contributed by atoms with Gasteiger partial charge in [-0.25, -0.2) is 0 Å². The Morgan fingerprint density at radius 2 is 0.585 bits per heavy atom. The van der Waals surface area contributed by atoms with Gasteiger partial charge in [-0.1, -0.05) is 46.5 Å². The third-order valence-corrected chi connectivity index (χ3v) is 10.5. The van der Waals surface area contributed by atoms with Crippen LogP contribution in [0.2, 0.25) is 0 Å². The van der Waals surface area contributed by atoms with Crippen LogP contribution in [0.4, 0.5) is 0 Å². The Hall–Kier alpha value is -6.67. The number of hydrogen-bond acceptors (Lipinski definition) is 5. The lowest BCUT2D eigenvalue weighted by Gasteiger charge is -2.14. The van der Waals surface area contributed by atoms with Crippen molar-refractivity contribution in [2.45, 2.75) is 27.7 Å². The average molecular weight is 693 g/mol. The highest BCUT2D eigenvalue weighted by atomic mass is 16.5. The van der Waals surface area contributed by atoms with E-state index < -0.39 is 0 Å². The molecule has 0 N–H and O–H groups in total. The van der Waals surface area contributed by atoms with Gasteiger partial charge in [-0.15, -0.1) is 0 Å². The van der Waals surface area contributed by atoms with Crippen LogP contribution in [0.15, 0.2) is 109 Å². The highest BCUT2D eigenvalue weighted by molar-refractivity contribution is 6.12. The highest BCUT2D eigenvalue weighted by Gasteiger charge is 2.23. The van der Waals surface area contributed by atoms with Gasteiger partial charge in [0.25, 0.3) is 0 Å². The second kappa shape index (κ2) is 11.4. The van der Waals surface area contributed by atoms with Crippen molar-refractivity contribution in [3.63, 3.8) is 0 Å². The number of methoxy groups -OCH3 is 2. The van der Waals surface area contributed by atoms with Crippen molar-refractivity contribution in [2.24, 2.45) is 0 Å². The molecule has 10 rings (SSSR count). The summed E-state index contributed by atoms with van der Waals surface area (Å²) in [7, 11) is 3.38. The molecule has 0 atom stereocenters. The van der Waals surface area contributed by atoms with Gasteiger partial charge in [0.05, 0.1) is 47.3 Å². The number of aryl methyl sites for hydroxylation is 4. The summed E-state index contributed by atoms with van der Waals surface area (Å²) >= 11 is 0. The van der Waals surface area contributed by atoms with Crippen LogP contribution in [0.25, 0.3) is 83.3 Å². The van der Waals surface area contributed by atoms with E-state index in [4.69, 9.17) is 24.4 Å². The molecule has 258 valence electrons. The van der Waals surface area contributed by atoms with Crippen LogP contribution >= 0.6 is 0 Å². The number of ether oxygens (including phenoxy) is 2. The normalized spacial score (nSPS) is 12.0. The van der Waals surface area contributed by atoms with Gasteiger partial charge in [0.1, 0.15) is 11.5 Å². The predicted octanol–water partition coefficient (Wildman–Crippen LogP) is 10.4. The first-order chi connectivity index (χ1) is 25.8. The molecule has 6 aromatic carbocycles. The van der Waals surface area contributed by atoms with Crippen molar-refractivity contribution >= 4 is 65.4 Å². The van der Waals surface area contributed by atoms with E-state index in [0.29, 0.717) is 17.8 Å². The van der Waals surface area contributed by atoms with Crippen LogP contribution in [0.3, 0.4) is 0 Å². The molecule has 8 heteroatoms. The lowest BCUT2D eigenvalue weighted by atomic mass is 10.1. The Labute approximate surface area is 305 Å².